The number of hydrogen-bond acceptors (Lipinski definition) is 5. The lowest BCUT2D eigenvalue weighted by atomic mass is 10.3. The van der Waals surface area contributed by atoms with E-state index in [1.165, 1.54) is 22.9 Å². The predicted octanol–water partition coefficient (Wildman–Crippen LogP) is 1.47. The van der Waals surface area contributed by atoms with Crippen LogP contribution < -0.4 is 10.1 Å². The van der Waals surface area contributed by atoms with Gasteiger partial charge in [0.05, 0.1) is 24.4 Å². The van der Waals surface area contributed by atoms with Gasteiger partial charge < -0.3 is 20.1 Å². The zero-order chi connectivity index (χ0) is 14.5. The van der Waals surface area contributed by atoms with Gasteiger partial charge in [0.2, 0.25) is 5.88 Å². The summed E-state index contributed by atoms with van der Waals surface area (Å²) in [4.78, 5) is 28.4. The molecule has 108 valence electrons. The van der Waals surface area contributed by atoms with E-state index in [1.54, 1.807) is 12.1 Å². The third-order valence-electron chi connectivity index (χ3n) is 2.71. The summed E-state index contributed by atoms with van der Waals surface area (Å²) in [5, 5.41) is 11.7. The molecule has 0 unspecified atom stereocenters. The van der Waals surface area contributed by atoms with Crippen LogP contribution in [0.15, 0.2) is 18.3 Å². The van der Waals surface area contributed by atoms with Gasteiger partial charge in [-0.15, -0.1) is 11.8 Å². The van der Waals surface area contributed by atoms with Crippen molar-refractivity contribution in [3.8, 4) is 5.88 Å². The number of hydrogen-bond donors (Lipinski definition) is 2. The minimum absolute atomic E-state index is 0.368. The van der Waals surface area contributed by atoms with Crippen molar-refractivity contribution in [1.29, 1.82) is 0 Å². The summed E-state index contributed by atoms with van der Waals surface area (Å²) < 4.78 is 5.20. The minimum Gasteiger partial charge on any atom is -0.480 e. The van der Waals surface area contributed by atoms with Gasteiger partial charge in [0, 0.05) is 11.8 Å². The van der Waals surface area contributed by atoms with E-state index >= 15 is 0 Å². The molecule has 1 aliphatic heterocycles. The molecule has 7 nitrogen and oxygen atoms in total. The van der Waals surface area contributed by atoms with Gasteiger partial charge in [-0.1, -0.05) is 0 Å². The van der Waals surface area contributed by atoms with E-state index in [9.17, 15) is 9.59 Å². The van der Waals surface area contributed by atoms with Crippen molar-refractivity contribution in [2.75, 3.05) is 23.6 Å². The number of carbonyl (C=O) groups excluding carboxylic acids is 1. The van der Waals surface area contributed by atoms with Gasteiger partial charge in [0.25, 0.3) is 0 Å². The molecule has 0 aliphatic carbocycles. The number of ether oxygens (including phenoxy) is 1. The maximum atomic E-state index is 12.0. The van der Waals surface area contributed by atoms with Gasteiger partial charge in [-0.3, -0.25) is 0 Å². The first-order valence-corrected chi connectivity index (χ1v) is 7.24. The molecule has 2 amide bonds. The van der Waals surface area contributed by atoms with Crippen LogP contribution in [0.2, 0.25) is 0 Å². The second-order valence-electron chi connectivity index (χ2n) is 4.07. The molecule has 1 saturated heterocycles. The second-order valence-corrected chi connectivity index (χ2v) is 5.07. The Balaban J connectivity index is 1.98. The lowest BCUT2D eigenvalue weighted by Crippen LogP contribution is -2.43. The fraction of sp³-hybridized carbons (Fsp3) is 0.417. The average molecular weight is 297 g/mol. The zero-order valence-electron chi connectivity index (χ0n) is 10.9. The van der Waals surface area contributed by atoms with Crippen molar-refractivity contribution >= 4 is 29.4 Å². The van der Waals surface area contributed by atoms with Gasteiger partial charge >= 0.3 is 12.0 Å². The van der Waals surface area contributed by atoms with E-state index in [0.717, 1.165) is 0 Å². The Morgan fingerprint density at radius 2 is 2.40 bits per heavy atom. The Morgan fingerprint density at radius 3 is 3.00 bits per heavy atom. The number of carbonyl (C=O) groups is 2. The highest BCUT2D eigenvalue weighted by Crippen LogP contribution is 2.22. The number of rotatable bonds is 4. The normalized spacial score (nSPS) is 17.9. The molecule has 20 heavy (non-hydrogen) atoms. The Kier molecular flexibility index (Phi) is 4.67. The number of pyridine rings is 1. The first-order chi connectivity index (χ1) is 9.61. The van der Waals surface area contributed by atoms with Crippen LogP contribution in [0.1, 0.15) is 6.92 Å². The Labute approximate surface area is 120 Å². The van der Waals surface area contributed by atoms with Crippen LogP contribution in [0.4, 0.5) is 10.5 Å². The van der Waals surface area contributed by atoms with E-state index in [-0.39, 0.29) is 0 Å². The fourth-order valence-corrected chi connectivity index (χ4v) is 2.88. The molecule has 0 radical (unpaired) electrons. The number of urea groups is 1. The summed E-state index contributed by atoms with van der Waals surface area (Å²) in [5.41, 5.74) is 0.500. The molecule has 0 spiro atoms. The predicted molar refractivity (Wildman–Crippen MR) is 75.0 cm³/mol. The van der Waals surface area contributed by atoms with E-state index in [2.05, 4.69) is 10.3 Å². The lowest BCUT2D eigenvalue weighted by molar-refractivity contribution is -0.140. The number of nitrogens with one attached hydrogen (secondary N) is 1. The number of aliphatic carboxylic acids is 1. The van der Waals surface area contributed by atoms with Gasteiger partial charge in [-0.25, -0.2) is 14.6 Å². The summed E-state index contributed by atoms with van der Waals surface area (Å²) in [6, 6.07) is 2.09. The first-order valence-electron chi connectivity index (χ1n) is 6.09. The van der Waals surface area contributed by atoms with Crippen molar-refractivity contribution < 1.29 is 19.4 Å². The van der Waals surface area contributed by atoms with E-state index in [1.807, 2.05) is 6.92 Å². The molecule has 1 aromatic heterocycles. The topological polar surface area (TPSA) is 91.8 Å². The molecular weight excluding hydrogens is 282 g/mol. The fourth-order valence-electron chi connectivity index (χ4n) is 1.73. The summed E-state index contributed by atoms with van der Waals surface area (Å²) in [6.45, 7) is 2.37. The van der Waals surface area contributed by atoms with Gasteiger partial charge in [-0.05, 0) is 13.0 Å². The largest absolute Gasteiger partial charge is 0.480 e. The molecule has 0 saturated carbocycles. The van der Waals surface area contributed by atoms with Crippen LogP contribution in [-0.2, 0) is 4.79 Å². The molecule has 0 bridgehead atoms. The maximum absolute atomic E-state index is 12.0. The molecule has 2 rings (SSSR count). The average Bonchev–Trinajstić information content (AvgIpc) is 2.91. The smallest absolute Gasteiger partial charge is 0.327 e. The van der Waals surface area contributed by atoms with Gasteiger partial charge in [0.1, 0.15) is 6.04 Å². The van der Waals surface area contributed by atoms with Crippen LogP contribution >= 0.6 is 11.8 Å². The SMILES string of the molecule is CCOc1ccc(NC(=O)N2CSC[C@H]2C(=O)O)cn1. The number of thioether (sulfide) groups is 1. The number of aromatic nitrogens is 1. The standard InChI is InChI=1S/C12H15N3O4S/c1-2-19-10-4-3-8(5-13-10)14-12(18)15-7-20-6-9(15)11(16)17/h3-5,9H,2,6-7H2,1H3,(H,14,18)(H,16,17)/t9-/m0/s1. The van der Waals surface area contributed by atoms with E-state index < -0.39 is 18.0 Å². The highest BCUT2D eigenvalue weighted by atomic mass is 32.2. The first kappa shape index (κ1) is 14.4. The summed E-state index contributed by atoms with van der Waals surface area (Å²) in [6.07, 6.45) is 1.47. The summed E-state index contributed by atoms with van der Waals surface area (Å²) in [5.74, 6) is 0.262. The molecule has 8 heteroatoms. The Hall–Kier alpha value is -1.96. The van der Waals surface area contributed by atoms with Crippen molar-refractivity contribution in [3.05, 3.63) is 18.3 Å². The Morgan fingerprint density at radius 1 is 1.60 bits per heavy atom. The molecule has 0 aromatic carbocycles. The Bertz CT molecular complexity index is 494. The van der Waals surface area contributed by atoms with Crippen LogP contribution in [0.3, 0.4) is 0 Å². The van der Waals surface area contributed by atoms with E-state index in [0.29, 0.717) is 29.8 Å². The number of nitrogens with zero attached hydrogens (tertiary/aromatic N) is 2. The molecule has 1 atom stereocenters. The number of amides is 2. The highest BCUT2D eigenvalue weighted by Gasteiger charge is 2.34. The molecule has 2 heterocycles. The number of carboxylic acid groups (broad SMARTS) is 1. The van der Waals surface area contributed by atoms with Crippen molar-refractivity contribution in [3.63, 3.8) is 0 Å². The molecule has 1 fully saturated rings. The van der Waals surface area contributed by atoms with Crippen LogP contribution in [0, 0.1) is 0 Å². The van der Waals surface area contributed by atoms with Gasteiger partial charge in [0.15, 0.2) is 0 Å². The summed E-state index contributed by atoms with van der Waals surface area (Å²) >= 11 is 1.42. The molecule has 1 aliphatic rings. The van der Waals surface area contributed by atoms with E-state index in [4.69, 9.17) is 9.84 Å². The van der Waals surface area contributed by atoms with Crippen molar-refractivity contribution in [2.24, 2.45) is 0 Å². The van der Waals surface area contributed by atoms with Crippen molar-refractivity contribution in [1.82, 2.24) is 9.88 Å². The molecular formula is C12H15N3O4S. The zero-order valence-corrected chi connectivity index (χ0v) is 11.7. The maximum Gasteiger partial charge on any atom is 0.327 e. The van der Waals surface area contributed by atoms with Gasteiger partial charge in [-0.2, -0.15) is 0 Å². The van der Waals surface area contributed by atoms with Crippen LogP contribution in [-0.4, -0.2) is 51.3 Å². The van der Waals surface area contributed by atoms with Crippen LogP contribution in [0.25, 0.3) is 0 Å². The monoisotopic (exact) mass is 297 g/mol. The quantitative estimate of drug-likeness (QED) is 0.874. The third kappa shape index (κ3) is 3.32. The summed E-state index contributed by atoms with van der Waals surface area (Å²) in [7, 11) is 0. The van der Waals surface area contributed by atoms with Crippen LogP contribution in [0.5, 0.6) is 5.88 Å². The third-order valence-corrected chi connectivity index (χ3v) is 3.72. The highest BCUT2D eigenvalue weighted by molar-refractivity contribution is 7.99. The lowest BCUT2D eigenvalue weighted by Gasteiger charge is -2.20. The molecule has 2 N–H and O–H groups in total. The number of carboxylic acids is 1. The number of anilines is 1. The minimum atomic E-state index is -0.991. The van der Waals surface area contributed by atoms with Crippen molar-refractivity contribution in [2.45, 2.75) is 13.0 Å². The molecule has 1 aromatic rings. The second kappa shape index (κ2) is 6.47.